The van der Waals surface area contributed by atoms with Crippen molar-refractivity contribution in [2.45, 2.75) is 0 Å². The molecule has 0 amide bonds. The van der Waals surface area contributed by atoms with Gasteiger partial charge < -0.3 is 4.98 Å². The van der Waals surface area contributed by atoms with Gasteiger partial charge in [-0.05, 0) is 11.5 Å². The molecule has 0 aliphatic heterocycles. The second-order valence-corrected chi connectivity index (χ2v) is 4.63. The maximum absolute atomic E-state index is 4.68. The van der Waals surface area contributed by atoms with Crippen LogP contribution in [0.15, 0.2) is 66.7 Å². The molecule has 4 aromatic rings. The fraction of sp³-hybridized carbons (Fsp3) is 0. The quantitative estimate of drug-likeness (QED) is 0.528. The van der Waals surface area contributed by atoms with Crippen molar-refractivity contribution in [1.82, 2.24) is 9.97 Å². The Labute approximate surface area is 110 Å². The first-order valence-corrected chi connectivity index (χ1v) is 6.35. The minimum absolute atomic E-state index is 0.923. The van der Waals surface area contributed by atoms with Gasteiger partial charge in [0.1, 0.15) is 5.82 Å². The number of imidazole rings is 1. The number of aromatic amines is 1. The fourth-order valence-corrected chi connectivity index (χ4v) is 2.48. The Morgan fingerprint density at radius 2 is 1.53 bits per heavy atom. The smallest absolute Gasteiger partial charge is 0.138 e. The van der Waals surface area contributed by atoms with Gasteiger partial charge in [0.25, 0.3) is 0 Å². The number of hydrogen-bond acceptors (Lipinski definition) is 1. The zero-order valence-electron chi connectivity index (χ0n) is 10.3. The lowest BCUT2D eigenvalue weighted by Crippen LogP contribution is -1.78. The molecule has 0 bridgehead atoms. The summed E-state index contributed by atoms with van der Waals surface area (Å²) in [4.78, 5) is 8.12. The van der Waals surface area contributed by atoms with Gasteiger partial charge in [-0.2, -0.15) is 0 Å². The molecule has 0 saturated carbocycles. The molecule has 2 nitrogen and oxygen atoms in total. The van der Waals surface area contributed by atoms with Crippen molar-refractivity contribution < 1.29 is 0 Å². The van der Waals surface area contributed by atoms with E-state index < -0.39 is 0 Å². The van der Waals surface area contributed by atoms with Crippen LogP contribution in [0.5, 0.6) is 0 Å². The lowest BCUT2D eigenvalue weighted by Gasteiger charge is -1.97. The first kappa shape index (κ1) is 10.3. The number of benzene rings is 3. The summed E-state index contributed by atoms with van der Waals surface area (Å²) in [5, 5.41) is 2.45. The van der Waals surface area contributed by atoms with Crippen LogP contribution in [0, 0.1) is 0 Å². The number of hydrogen-bond donors (Lipinski definition) is 1. The van der Waals surface area contributed by atoms with Gasteiger partial charge in [0.15, 0.2) is 0 Å². The molecule has 1 N–H and O–H groups in total. The predicted molar refractivity (Wildman–Crippen MR) is 79.0 cm³/mol. The molecule has 2 heteroatoms. The van der Waals surface area contributed by atoms with Crippen LogP contribution < -0.4 is 0 Å². The first-order chi connectivity index (χ1) is 9.42. The van der Waals surface area contributed by atoms with E-state index in [0.717, 1.165) is 22.4 Å². The summed E-state index contributed by atoms with van der Waals surface area (Å²) in [5.41, 5.74) is 3.23. The third kappa shape index (κ3) is 1.61. The molecule has 0 atom stereocenters. The van der Waals surface area contributed by atoms with E-state index in [0.29, 0.717) is 0 Å². The Bertz CT molecular complexity index is 860. The predicted octanol–water partition coefficient (Wildman–Crippen LogP) is 4.38. The van der Waals surface area contributed by atoms with E-state index in [1.807, 2.05) is 18.2 Å². The van der Waals surface area contributed by atoms with Gasteiger partial charge >= 0.3 is 0 Å². The van der Waals surface area contributed by atoms with Crippen LogP contribution in [0.4, 0.5) is 0 Å². The standard InChI is InChI=1S/C17H12N2/c1-2-7-13(8-3-1)17-18-15-11-10-12-6-4-5-9-14(12)16(15)19-17/h1-11H,(H,18,19). The zero-order chi connectivity index (χ0) is 12.7. The maximum Gasteiger partial charge on any atom is 0.138 e. The van der Waals surface area contributed by atoms with Crippen LogP contribution in [0.3, 0.4) is 0 Å². The van der Waals surface area contributed by atoms with Crippen LogP contribution in [-0.2, 0) is 0 Å². The highest BCUT2D eigenvalue weighted by Gasteiger charge is 2.07. The second-order valence-electron chi connectivity index (χ2n) is 4.63. The van der Waals surface area contributed by atoms with Crippen molar-refractivity contribution in [3.05, 3.63) is 66.7 Å². The van der Waals surface area contributed by atoms with E-state index in [4.69, 9.17) is 0 Å². The number of nitrogens with one attached hydrogen (secondary N) is 1. The van der Waals surface area contributed by atoms with Gasteiger partial charge in [0, 0.05) is 10.9 Å². The minimum Gasteiger partial charge on any atom is -0.337 e. The average molecular weight is 244 g/mol. The highest BCUT2D eigenvalue weighted by molar-refractivity contribution is 6.04. The van der Waals surface area contributed by atoms with Crippen molar-refractivity contribution in [1.29, 1.82) is 0 Å². The largest absolute Gasteiger partial charge is 0.337 e. The molecular weight excluding hydrogens is 232 g/mol. The number of aromatic nitrogens is 2. The van der Waals surface area contributed by atoms with Crippen LogP contribution in [-0.4, -0.2) is 9.97 Å². The van der Waals surface area contributed by atoms with E-state index in [-0.39, 0.29) is 0 Å². The van der Waals surface area contributed by atoms with Crippen LogP contribution >= 0.6 is 0 Å². The number of nitrogens with zero attached hydrogens (tertiary/aromatic N) is 1. The van der Waals surface area contributed by atoms with Gasteiger partial charge in [-0.3, -0.25) is 0 Å². The highest BCUT2D eigenvalue weighted by Crippen LogP contribution is 2.26. The lowest BCUT2D eigenvalue weighted by atomic mass is 10.1. The summed E-state index contributed by atoms with van der Waals surface area (Å²) in [7, 11) is 0. The average Bonchev–Trinajstić information content (AvgIpc) is 2.93. The fourth-order valence-electron chi connectivity index (χ4n) is 2.48. The lowest BCUT2D eigenvalue weighted by molar-refractivity contribution is 1.34. The van der Waals surface area contributed by atoms with Crippen molar-refractivity contribution in [3.63, 3.8) is 0 Å². The molecule has 3 aromatic carbocycles. The molecule has 19 heavy (non-hydrogen) atoms. The Balaban J connectivity index is 2.04. The third-order valence-electron chi connectivity index (χ3n) is 3.43. The topological polar surface area (TPSA) is 28.7 Å². The summed E-state index contributed by atoms with van der Waals surface area (Å²) < 4.78 is 0. The molecule has 4 rings (SSSR count). The van der Waals surface area contributed by atoms with Gasteiger partial charge in [0.05, 0.1) is 11.0 Å². The Morgan fingerprint density at radius 1 is 0.737 bits per heavy atom. The van der Waals surface area contributed by atoms with Crippen molar-refractivity contribution in [2.24, 2.45) is 0 Å². The van der Waals surface area contributed by atoms with E-state index in [1.54, 1.807) is 0 Å². The molecule has 0 radical (unpaired) electrons. The molecular formula is C17H12N2. The molecule has 0 aliphatic rings. The molecule has 1 heterocycles. The van der Waals surface area contributed by atoms with E-state index >= 15 is 0 Å². The second kappa shape index (κ2) is 3.95. The Morgan fingerprint density at radius 3 is 2.42 bits per heavy atom. The van der Waals surface area contributed by atoms with Gasteiger partial charge in [-0.1, -0.05) is 60.7 Å². The van der Waals surface area contributed by atoms with Crippen LogP contribution in [0.25, 0.3) is 33.2 Å². The van der Waals surface area contributed by atoms with Gasteiger partial charge in [0.2, 0.25) is 0 Å². The highest BCUT2D eigenvalue weighted by atomic mass is 14.9. The zero-order valence-corrected chi connectivity index (χ0v) is 10.3. The molecule has 0 aliphatic carbocycles. The maximum atomic E-state index is 4.68. The molecule has 0 fully saturated rings. The molecule has 0 unspecified atom stereocenters. The van der Waals surface area contributed by atoms with Crippen molar-refractivity contribution in [3.8, 4) is 11.4 Å². The Kier molecular flexibility index (Phi) is 2.15. The normalized spacial score (nSPS) is 11.2. The molecule has 0 saturated heterocycles. The molecule has 1 aromatic heterocycles. The summed E-state index contributed by atoms with van der Waals surface area (Å²) >= 11 is 0. The Hall–Kier alpha value is -2.61. The number of rotatable bonds is 1. The number of H-pyrrole nitrogens is 1. The van der Waals surface area contributed by atoms with E-state index in [9.17, 15) is 0 Å². The number of fused-ring (bicyclic) bond motifs is 3. The summed E-state index contributed by atoms with van der Waals surface area (Å²) in [6.45, 7) is 0. The van der Waals surface area contributed by atoms with E-state index in [2.05, 4.69) is 58.5 Å². The summed E-state index contributed by atoms with van der Waals surface area (Å²) in [6, 6.07) is 22.8. The van der Waals surface area contributed by atoms with Crippen LogP contribution in [0.2, 0.25) is 0 Å². The van der Waals surface area contributed by atoms with Crippen molar-refractivity contribution >= 4 is 21.8 Å². The monoisotopic (exact) mass is 244 g/mol. The first-order valence-electron chi connectivity index (χ1n) is 6.35. The molecule has 90 valence electrons. The molecule has 0 spiro atoms. The summed E-state index contributed by atoms with van der Waals surface area (Å²) in [6.07, 6.45) is 0. The minimum atomic E-state index is 0.923. The third-order valence-corrected chi connectivity index (χ3v) is 3.43. The van der Waals surface area contributed by atoms with Gasteiger partial charge in [-0.25, -0.2) is 4.98 Å². The van der Waals surface area contributed by atoms with Crippen LogP contribution in [0.1, 0.15) is 0 Å². The SMILES string of the molecule is c1ccc(-c2nc3ccc4ccccc4c3[nH]2)cc1. The van der Waals surface area contributed by atoms with Crippen molar-refractivity contribution in [2.75, 3.05) is 0 Å². The van der Waals surface area contributed by atoms with Gasteiger partial charge in [-0.15, -0.1) is 0 Å². The summed E-state index contributed by atoms with van der Waals surface area (Å²) in [5.74, 6) is 0.923. The van der Waals surface area contributed by atoms with E-state index in [1.165, 1.54) is 10.8 Å².